The van der Waals surface area contributed by atoms with E-state index in [4.69, 9.17) is 16.1 Å². The molecule has 0 bridgehead atoms. The van der Waals surface area contributed by atoms with Crippen molar-refractivity contribution in [1.82, 2.24) is 20.4 Å². The molecule has 1 amide bonds. The third-order valence-electron chi connectivity index (χ3n) is 3.68. The molecular weight excluding hydrogens is 340 g/mol. The van der Waals surface area contributed by atoms with Crippen molar-refractivity contribution < 1.29 is 9.32 Å². The minimum atomic E-state index is -0.125. The van der Waals surface area contributed by atoms with Crippen LogP contribution in [0.1, 0.15) is 30.8 Å². The Labute approximate surface area is 150 Å². The maximum atomic E-state index is 12.1. The Morgan fingerprint density at radius 1 is 1.32 bits per heavy atom. The molecule has 1 atom stereocenters. The van der Waals surface area contributed by atoms with Gasteiger partial charge in [0.25, 0.3) is 0 Å². The summed E-state index contributed by atoms with van der Waals surface area (Å²) in [6.45, 7) is 1.91. The van der Waals surface area contributed by atoms with E-state index in [-0.39, 0.29) is 18.4 Å². The number of aromatic nitrogens is 3. The van der Waals surface area contributed by atoms with Gasteiger partial charge in [0.05, 0.1) is 6.04 Å². The van der Waals surface area contributed by atoms with Crippen molar-refractivity contribution in [3.05, 3.63) is 65.3 Å². The molecule has 7 heteroatoms. The van der Waals surface area contributed by atoms with Crippen LogP contribution in [0.3, 0.4) is 0 Å². The number of pyridine rings is 1. The SMILES string of the molecule is CC(NC(=O)CCc1nc(-c2cccnc2)no1)c1cccc(Cl)c1. The number of hydrogen-bond donors (Lipinski definition) is 1. The Morgan fingerprint density at radius 2 is 2.20 bits per heavy atom. The minimum Gasteiger partial charge on any atom is -0.350 e. The zero-order valence-corrected chi connectivity index (χ0v) is 14.4. The van der Waals surface area contributed by atoms with Crippen molar-refractivity contribution in [2.24, 2.45) is 0 Å². The minimum absolute atomic E-state index is 0.0893. The molecule has 0 radical (unpaired) electrons. The highest BCUT2D eigenvalue weighted by Crippen LogP contribution is 2.18. The number of nitrogens with zero attached hydrogens (tertiary/aromatic N) is 3. The molecule has 1 N–H and O–H groups in total. The second-order valence-corrected chi connectivity index (χ2v) is 6.03. The third kappa shape index (κ3) is 4.64. The second kappa shape index (κ2) is 7.90. The maximum absolute atomic E-state index is 12.1. The van der Waals surface area contributed by atoms with Gasteiger partial charge >= 0.3 is 0 Å². The number of benzene rings is 1. The van der Waals surface area contributed by atoms with E-state index in [1.165, 1.54) is 0 Å². The van der Waals surface area contributed by atoms with Gasteiger partial charge in [0.1, 0.15) is 0 Å². The number of rotatable bonds is 6. The molecule has 25 heavy (non-hydrogen) atoms. The van der Waals surface area contributed by atoms with Crippen LogP contribution in [0.15, 0.2) is 53.3 Å². The summed E-state index contributed by atoms with van der Waals surface area (Å²) in [6, 6.07) is 10.9. The van der Waals surface area contributed by atoms with E-state index in [9.17, 15) is 4.79 Å². The predicted octanol–water partition coefficient (Wildman–Crippen LogP) is 3.60. The van der Waals surface area contributed by atoms with Crippen LogP contribution in [0.25, 0.3) is 11.4 Å². The van der Waals surface area contributed by atoms with Crippen molar-refractivity contribution in [3.8, 4) is 11.4 Å². The summed E-state index contributed by atoms with van der Waals surface area (Å²) >= 11 is 5.97. The zero-order chi connectivity index (χ0) is 17.6. The summed E-state index contributed by atoms with van der Waals surface area (Å²) in [5.41, 5.74) is 1.73. The van der Waals surface area contributed by atoms with Crippen LogP contribution in [0.5, 0.6) is 0 Å². The van der Waals surface area contributed by atoms with Crippen molar-refractivity contribution in [3.63, 3.8) is 0 Å². The first-order chi connectivity index (χ1) is 12.1. The molecule has 0 aliphatic carbocycles. The zero-order valence-electron chi connectivity index (χ0n) is 13.6. The van der Waals surface area contributed by atoms with E-state index in [2.05, 4.69) is 20.4 Å². The molecule has 2 heterocycles. The van der Waals surface area contributed by atoms with Crippen LogP contribution in [0.2, 0.25) is 5.02 Å². The molecule has 0 fully saturated rings. The van der Waals surface area contributed by atoms with Gasteiger partial charge in [0, 0.05) is 35.8 Å². The van der Waals surface area contributed by atoms with E-state index in [0.29, 0.717) is 23.2 Å². The standard InChI is InChI=1S/C18H17ClN4O2/c1-12(13-4-2-6-15(19)10-13)21-16(24)7-8-17-22-18(23-25-17)14-5-3-9-20-11-14/h2-6,9-12H,7-8H2,1H3,(H,21,24). The Morgan fingerprint density at radius 3 is 2.96 bits per heavy atom. The second-order valence-electron chi connectivity index (χ2n) is 5.60. The molecule has 3 aromatic rings. The van der Waals surface area contributed by atoms with Crippen molar-refractivity contribution in [2.75, 3.05) is 0 Å². The highest BCUT2D eigenvalue weighted by Gasteiger charge is 2.13. The summed E-state index contributed by atoms with van der Waals surface area (Å²) in [5, 5.41) is 7.49. The Balaban J connectivity index is 1.53. The quantitative estimate of drug-likeness (QED) is 0.729. The molecular formula is C18H17ClN4O2. The largest absolute Gasteiger partial charge is 0.350 e. The lowest BCUT2D eigenvalue weighted by atomic mass is 10.1. The van der Waals surface area contributed by atoms with E-state index < -0.39 is 0 Å². The number of nitrogens with one attached hydrogen (secondary N) is 1. The van der Waals surface area contributed by atoms with Gasteiger partial charge in [0.15, 0.2) is 0 Å². The van der Waals surface area contributed by atoms with Gasteiger partial charge in [-0.25, -0.2) is 0 Å². The Kier molecular flexibility index (Phi) is 5.40. The van der Waals surface area contributed by atoms with E-state index >= 15 is 0 Å². The fourth-order valence-electron chi connectivity index (χ4n) is 2.36. The van der Waals surface area contributed by atoms with Crippen LogP contribution in [-0.2, 0) is 11.2 Å². The van der Waals surface area contributed by atoms with Crippen LogP contribution in [-0.4, -0.2) is 21.0 Å². The molecule has 2 aromatic heterocycles. The van der Waals surface area contributed by atoms with E-state index in [1.807, 2.05) is 31.2 Å². The van der Waals surface area contributed by atoms with Gasteiger partial charge in [-0.3, -0.25) is 9.78 Å². The normalized spacial score (nSPS) is 11.9. The van der Waals surface area contributed by atoms with E-state index in [0.717, 1.165) is 11.1 Å². The highest BCUT2D eigenvalue weighted by molar-refractivity contribution is 6.30. The highest BCUT2D eigenvalue weighted by atomic mass is 35.5. The molecule has 1 unspecified atom stereocenters. The summed E-state index contributed by atoms with van der Waals surface area (Å²) < 4.78 is 5.19. The fourth-order valence-corrected chi connectivity index (χ4v) is 2.56. The van der Waals surface area contributed by atoms with Crippen LogP contribution in [0, 0.1) is 0 Å². The number of carbonyl (C=O) groups is 1. The molecule has 0 saturated carbocycles. The predicted molar refractivity (Wildman–Crippen MR) is 93.9 cm³/mol. The van der Waals surface area contributed by atoms with Gasteiger partial charge in [-0.15, -0.1) is 0 Å². The first-order valence-electron chi connectivity index (χ1n) is 7.89. The Hall–Kier alpha value is -2.73. The first kappa shape index (κ1) is 17.1. The monoisotopic (exact) mass is 356 g/mol. The Bertz CT molecular complexity index is 851. The number of carbonyl (C=O) groups excluding carboxylic acids is 1. The lowest BCUT2D eigenvalue weighted by molar-refractivity contribution is -0.121. The molecule has 3 rings (SSSR count). The van der Waals surface area contributed by atoms with E-state index in [1.54, 1.807) is 24.5 Å². The van der Waals surface area contributed by atoms with Crippen LogP contribution in [0.4, 0.5) is 0 Å². The first-order valence-corrected chi connectivity index (χ1v) is 8.27. The number of aryl methyl sites for hydroxylation is 1. The average molecular weight is 357 g/mol. The molecule has 0 spiro atoms. The maximum Gasteiger partial charge on any atom is 0.227 e. The number of hydrogen-bond acceptors (Lipinski definition) is 5. The smallest absolute Gasteiger partial charge is 0.227 e. The molecule has 0 aliphatic heterocycles. The summed E-state index contributed by atoms with van der Waals surface area (Å²) in [4.78, 5) is 20.4. The number of halogens is 1. The average Bonchev–Trinajstić information content (AvgIpc) is 3.10. The van der Waals surface area contributed by atoms with Crippen LogP contribution >= 0.6 is 11.6 Å². The van der Waals surface area contributed by atoms with Gasteiger partial charge in [-0.1, -0.05) is 28.9 Å². The van der Waals surface area contributed by atoms with Crippen molar-refractivity contribution >= 4 is 17.5 Å². The van der Waals surface area contributed by atoms with Gasteiger partial charge in [-0.2, -0.15) is 4.98 Å². The van der Waals surface area contributed by atoms with Gasteiger partial charge in [0.2, 0.25) is 17.6 Å². The lowest BCUT2D eigenvalue weighted by Gasteiger charge is -2.14. The van der Waals surface area contributed by atoms with Crippen molar-refractivity contribution in [2.45, 2.75) is 25.8 Å². The molecule has 0 aliphatic rings. The molecule has 0 saturated heterocycles. The lowest BCUT2D eigenvalue weighted by Crippen LogP contribution is -2.26. The topological polar surface area (TPSA) is 80.9 Å². The van der Waals surface area contributed by atoms with Gasteiger partial charge < -0.3 is 9.84 Å². The molecule has 128 valence electrons. The summed E-state index contributed by atoms with van der Waals surface area (Å²) in [5.74, 6) is 0.800. The fraction of sp³-hybridized carbons (Fsp3) is 0.222. The molecule has 6 nitrogen and oxygen atoms in total. The van der Waals surface area contributed by atoms with Crippen molar-refractivity contribution in [1.29, 1.82) is 0 Å². The number of amides is 1. The third-order valence-corrected chi connectivity index (χ3v) is 3.92. The summed E-state index contributed by atoms with van der Waals surface area (Å²) in [7, 11) is 0. The molecule has 1 aromatic carbocycles. The van der Waals surface area contributed by atoms with Crippen LogP contribution < -0.4 is 5.32 Å². The summed E-state index contributed by atoms with van der Waals surface area (Å²) in [6.07, 6.45) is 3.98. The van der Waals surface area contributed by atoms with Gasteiger partial charge in [-0.05, 0) is 36.8 Å².